The molecule has 2 N–H and O–H groups in total. The second-order valence-corrected chi connectivity index (χ2v) is 5.63. The van der Waals surface area contributed by atoms with Gasteiger partial charge in [-0.15, -0.1) is 0 Å². The molecule has 0 aliphatic carbocycles. The van der Waals surface area contributed by atoms with Crippen LogP contribution in [0, 0.1) is 0 Å². The van der Waals surface area contributed by atoms with Gasteiger partial charge in [-0.25, -0.2) is 0 Å². The second-order valence-electron chi connectivity index (χ2n) is 5.63. The Morgan fingerprint density at radius 3 is 2.95 bits per heavy atom. The molecule has 19 heavy (non-hydrogen) atoms. The molecule has 1 aliphatic rings. The van der Waals surface area contributed by atoms with Crippen molar-refractivity contribution in [1.29, 1.82) is 0 Å². The van der Waals surface area contributed by atoms with E-state index in [1.54, 1.807) is 18.2 Å². The fourth-order valence-corrected chi connectivity index (χ4v) is 2.35. The van der Waals surface area contributed by atoms with E-state index in [1.807, 2.05) is 20.8 Å². The zero-order chi connectivity index (χ0) is 14.0. The van der Waals surface area contributed by atoms with Crippen molar-refractivity contribution in [3.63, 3.8) is 0 Å². The predicted molar refractivity (Wildman–Crippen MR) is 74.3 cm³/mol. The molecule has 1 aromatic carbocycles. The lowest BCUT2D eigenvalue weighted by atomic mass is 9.91. The van der Waals surface area contributed by atoms with Crippen molar-refractivity contribution in [2.24, 2.45) is 0 Å². The highest BCUT2D eigenvalue weighted by Gasteiger charge is 2.32. The standard InChI is InChI=1S/C15H21NO3/c1-4-5-14(18)16-10-6-7-13-11(8-10)12(17)9-15(2,3)19-13/h6-8,12,17H,4-5,9H2,1-3H3,(H,16,18). The second kappa shape index (κ2) is 5.21. The van der Waals surface area contributed by atoms with Crippen LogP contribution in [0.4, 0.5) is 5.69 Å². The number of amides is 1. The van der Waals surface area contributed by atoms with Crippen molar-refractivity contribution in [2.75, 3.05) is 5.32 Å². The normalized spacial score (nSPS) is 20.3. The first-order valence-corrected chi connectivity index (χ1v) is 6.72. The summed E-state index contributed by atoms with van der Waals surface area (Å²) in [7, 11) is 0. The maximum Gasteiger partial charge on any atom is 0.224 e. The van der Waals surface area contributed by atoms with Crippen LogP contribution in [-0.2, 0) is 4.79 Å². The quantitative estimate of drug-likeness (QED) is 0.881. The Labute approximate surface area is 113 Å². The van der Waals surface area contributed by atoms with Gasteiger partial charge in [0.05, 0.1) is 6.10 Å². The summed E-state index contributed by atoms with van der Waals surface area (Å²) in [5.41, 5.74) is 1.09. The number of fused-ring (bicyclic) bond motifs is 1. The van der Waals surface area contributed by atoms with Crippen LogP contribution in [0.1, 0.15) is 51.7 Å². The van der Waals surface area contributed by atoms with E-state index in [1.165, 1.54) is 0 Å². The van der Waals surface area contributed by atoms with Crippen LogP contribution < -0.4 is 10.1 Å². The fraction of sp³-hybridized carbons (Fsp3) is 0.533. The Hall–Kier alpha value is -1.55. The zero-order valence-electron chi connectivity index (χ0n) is 11.7. The molecule has 0 saturated carbocycles. The van der Waals surface area contributed by atoms with Crippen LogP contribution in [0.2, 0.25) is 0 Å². The first kappa shape index (κ1) is 13.9. The average Bonchev–Trinajstić information content (AvgIpc) is 2.29. The van der Waals surface area contributed by atoms with Gasteiger partial charge in [0.15, 0.2) is 0 Å². The molecule has 0 spiro atoms. The van der Waals surface area contributed by atoms with Gasteiger partial charge in [0.2, 0.25) is 5.91 Å². The van der Waals surface area contributed by atoms with Gasteiger partial charge in [0.25, 0.3) is 0 Å². The maximum absolute atomic E-state index is 11.6. The number of benzene rings is 1. The van der Waals surface area contributed by atoms with Crippen molar-refractivity contribution in [2.45, 2.75) is 51.7 Å². The Bertz CT molecular complexity index is 482. The summed E-state index contributed by atoms with van der Waals surface area (Å²) in [4.78, 5) is 11.6. The minimum absolute atomic E-state index is 0.00556. The number of nitrogens with one attached hydrogen (secondary N) is 1. The van der Waals surface area contributed by atoms with Gasteiger partial charge in [-0.3, -0.25) is 4.79 Å². The first-order chi connectivity index (χ1) is 8.91. The Kier molecular flexibility index (Phi) is 3.80. The minimum atomic E-state index is -0.554. The molecule has 0 fully saturated rings. The summed E-state index contributed by atoms with van der Waals surface area (Å²) in [6.07, 6.45) is 1.31. The van der Waals surface area contributed by atoms with Crippen LogP contribution in [0.3, 0.4) is 0 Å². The number of carbonyl (C=O) groups is 1. The van der Waals surface area contributed by atoms with Crippen LogP contribution in [0.15, 0.2) is 18.2 Å². The van der Waals surface area contributed by atoms with E-state index in [2.05, 4.69) is 5.32 Å². The van der Waals surface area contributed by atoms with Crippen LogP contribution in [-0.4, -0.2) is 16.6 Å². The molecule has 2 rings (SSSR count). The van der Waals surface area contributed by atoms with Crippen molar-refractivity contribution >= 4 is 11.6 Å². The average molecular weight is 263 g/mol. The topological polar surface area (TPSA) is 58.6 Å². The molecule has 1 atom stereocenters. The molecule has 0 radical (unpaired) electrons. The van der Waals surface area contributed by atoms with Gasteiger partial charge in [-0.2, -0.15) is 0 Å². The number of ether oxygens (including phenoxy) is 1. The largest absolute Gasteiger partial charge is 0.487 e. The Morgan fingerprint density at radius 1 is 1.53 bits per heavy atom. The van der Waals surface area contributed by atoms with E-state index in [0.717, 1.165) is 12.0 Å². The molecule has 0 aromatic heterocycles. The van der Waals surface area contributed by atoms with Gasteiger partial charge < -0.3 is 15.2 Å². The number of aliphatic hydroxyl groups excluding tert-OH is 1. The van der Waals surface area contributed by atoms with Crippen molar-refractivity contribution in [3.8, 4) is 5.75 Å². The van der Waals surface area contributed by atoms with E-state index in [-0.39, 0.29) is 11.5 Å². The molecular weight excluding hydrogens is 242 g/mol. The lowest BCUT2D eigenvalue weighted by Crippen LogP contribution is -2.34. The molecular formula is C15H21NO3. The number of anilines is 1. The van der Waals surface area contributed by atoms with Crippen molar-refractivity contribution < 1.29 is 14.6 Å². The van der Waals surface area contributed by atoms with Crippen LogP contribution in [0.25, 0.3) is 0 Å². The summed E-state index contributed by atoms with van der Waals surface area (Å²) < 4.78 is 5.82. The summed E-state index contributed by atoms with van der Waals surface area (Å²) >= 11 is 0. The van der Waals surface area contributed by atoms with E-state index in [0.29, 0.717) is 24.3 Å². The number of carbonyl (C=O) groups excluding carboxylic acids is 1. The molecule has 1 aliphatic heterocycles. The summed E-state index contributed by atoms with van der Waals surface area (Å²) in [5, 5.41) is 13.0. The van der Waals surface area contributed by atoms with Gasteiger partial charge in [-0.1, -0.05) is 6.92 Å². The number of rotatable bonds is 3. The van der Waals surface area contributed by atoms with E-state index >= 15 is 0 Å². The molecule has 1 amide bonds. The third kappa shape index (κ3) is 3.26. The Morgan fingerprint density at radius 2 is 2.26 bits per heavy atom. The van der Waals surface area contributed by atoms with Gasteiger partial charge >= 0.3 is 0 Å². The zero-order valence-corrected chi connectivity index (χ0v) is 11.7. The van der Waals surface area contributed by atoms with Gasteiger partial charge in [-0.05, 0) is 38.5 Å². The third-order valence-corrected chi connectivity index (χ3v) is 3.20. The molecule has 1 aromatic rings. The molecule has 4 nitrogen and oxygen atoms in total. The highest BCUT2D eigenvalue weighted by atomic mass is 16.5. The molecule has 0 bridgehead atoms. The lowest BCUT2D eigenvalue weighted by Gasteiger charge is -2.35. The Balaban J connectivity index is 2.20. The SMILES string of the molecule is CCCC(=O)Nc1ccc2c(c1)C(O)CC(C)(C)O2. The molecule has 4 heteroatoms. The number of hydrogen-bond donors (Lipinski definition) is 2. The van der Waals surface area contributed by atoms with Crippen LogP contribution >= 0.6 is 0 Å². The smallest absolute Gasteiger partial charge is 0.224 e. The van der Waals surface area contributed by atoms with Crippen molar-refractivity contribution in [1.82, 2.24) is 0 Å². The number of hydrogen-bond acceptors (Lipinski definition) is 3. The summed E-state index contributed by atoms with van der Waals surface area (Å²) in [6.45, 7) is 5.87. The fourth-order valence-electron chi connectivity index (χ4n) is 2.35. The summed E-state index contributed by atoms with van der Waals surface area (Å²) in [6, 6.07) is 5.41. The lowest BCUT2D eigenvalue weighted by molar-refractivity contribution is -0.116. The molecule has 1 unspecified atom stereocenters. The van der Waals surface area contributed by atoms with E-state index < -0.39 is 6.10 Å². The van der Waals surface area contributed by atoms with E-state index in [9.17, 15) is 9.90 Å². The highest BCUT2D eigenvalue weighted by molar-refractivity contribution is 5.90. The summed E-state index contributed by atoms with van der Waals surface area (Å²) in [5.74, 6) is 0.686. The minimum Gasteiger partial charge on any atom is -0.487 e. The highest BCUT2D eigenvalue weighted by Crippen LogP contribution is 2.40. The van der Waals surface area contributed by atoms with Crippen molar-refractivity contribution in [3.05, 3.63) is 23.8 Å². The predicted octanol–water partition coefficient (Wildman–Crippen LogP) is 3.02. The van der Waals surface area contributed by atoms with E-state index in [4.69, 9.17) is 4.74 Å². The van der Waals surface area contributed by atoms with Gasteiger partial charge in [0.1, 0.15) is 11.4 Å². The monoisotopic (exact) mass is 263 g/mol. The molecule has 1 heterocycles. The number of aliphatic hydroxyl groups is 1. The molecule has 104 valence electrons. The molecule has 0 saturated heterocycles. The maximum atomic E-state index is 11.6. The first-order valence-electron chi connectivity index (χ1n) is 6.72. The van der Waals surface area contributed by atoms with Gasteiger partial charge in [0, 0.05) is 24.1 Å². The third-order valence-electron chi connectivity index (χ3n) is 3.20. The van der Waals surface area contributed by atoms with Crippen LogP contribution in [0.5, 0.6) is 5.75 Å².